The fraction of sp³-hybridized carbons (Fsp3) is 0.0667. The molecule has 2 rings (SSSR count). The monoisotopic (exact) mass is 335 g/mol. The number of para-hydroxylation sites is 1. The number of rotatable bonds is 6. The second-order valence-electron chi connectivity index (χ2n) is 4.62. The average molecular weight is 335 g/mol. The number of carbonyl (C=O) groups is 2. The number of benzene rings is 2. The Morgan fingerprint density at radius 1 is 1.00 bits per heavy atom. The first kappa shape index (κ1) is 16.7. The number of hydrogen-bond acceptors (Lipinski definition) is 5. The highest BCUT2D eigenvalue weighted by molar-refractivity contribution is 7.85. The van der Waals surface area contributed by atoms with Crippen LogP contribution in [0.3, 0.4) is 0 Å². The standard InChI is InChI=1S/C15H13NO6S/c17-14(18)9-16-13-4-2-1-3-12(13)15(19)10-5-7-11(8-6-10)23(20,21)22/h1-8,16H,9H2,(H,17,18)(H,20,21,22). The molecular weight excluding hydrogens is 322 g/mol. The zero-order valence-electron chi connectivity index (χ0n) is 11.8. The molecule has 2 aromatic carbocycles. The third-order valence-electron chi connectivity index (χ3n) is 3.02. The molecule has 0 fully saturated rings. The minimum Gasteiger partial charge on any atom is -0.480 e. The molecule has 3 N–H and O–H groups in total. The van der Waals surface area contributed by atoms with Crippen LogP contribution in [0.1, 0.15) is 15.9 Å². The first-order valence-electron chi connectivity index (χ1n) is 6.46. The summed E-state index contributed by atoms with van der Waals surface area (Å²) < 4.78 is 30.9. The van der Waals surface area contributed by atoms with Crippen molar-refractivity contribution in [3.63, 3.8) is 0 Å². The molecular formula is C15H13NO6S. The number of carboxylic acids is 1. The highest BCUT2D eigenvalue weighted by Gasteiger charge is 2.15. The topological polar surface area (TPSA) is 121 Å². The largest absolute Gasteiger partial charge is 0.480 e. The van der Waals surface area contributed by atoms with Gasteiger partial charge in [0.15, 0.2) is 5.78 Å². The number of aliphatic carboxylic acids is 1. The minimum atomic E-state index is -4.33. The minimum absolute atomic E-state index is 0.210. The molecule has 0 aliphatic rings. The van der Waals surface area contributed by atoms with E-state index in [4.69, 9.17) is 9.66 Å². The van der Waals surface area contributed by atoms with E-state index in [1.54, 1.807) is 18.2 Å². The van der Waals surface area contributed by atoms with E-state index < -0.39 is 21.9 Å². The molecule has 120 valence electrons. The summed E-state index contributed by atoms with van der Waals surface area (Å²) in [7, 11) is -4.33. The maximum Gasteiger partial charge on any atom is 0.322 e. The van der Waals surface area contributed by atoms with E-state index in [2.05, 4.69) is 5.32 Å². The lowest BCUT2D eigenvalue weighted by molar-refractivity contribution is -0.134. The highest BCUT2D eigenvalue weighted by Crippen LogP contribution is 2.20. The zero-order valence-corrected chi connectivity index (χ0v) is 12.6. The number of carbonyl (C=O) groups excluding carboxylic acids is 1. The molecule has 0 amide bonds. The summed E-state index contributed by atoms with van der Waals surface area (Å²) in [4.78, 5) is 22.8. The van der Waals surface area contributed by atoms with E-state index in [1.165, 1.54) is 18.2 Å². The summed E-state index contributed by atoms with van der Waals surface area (Å²) in [6.07, 6.45) is 0. The van der Waals surface area contributed by atoms with E-state index in [-0.39, 0.29) is 22.6 Å². The van der Waals surface area contributed by atoms with Crippen molar-refractivity contribution < 1.29 is 27.7 Å². The van der Waals surface area contributed by atoms with Gasteiger partial charge in [-0.15, -0.1) is 0 Å². The molecule has 23 heavy (non-hydrogen) atoms. The first-order valence-corrected chi connectivity index (χ1v) is 7.90. The number of anilines is 1. The van der Waals surface area contributed by atoms with Gasteiger partial charge in [-0.05, 0) is 36.4 Å². The highest BCUT2D eigenvalue weighted by atomic mass is 32.2. The molecule has 0 radical (unpaired) electrons. The molecule has 0 heterocycles. The van der Waals surface area contributed by atoms with Crippen LogP contribution in [0, 0.1) is 0 Å². The number of nitrogens with one attached hydrogen (secondary N) is 1. The van der Waals surface area contributed by atoms with E-state index in [1.807, 2.05) is 0 Å². The van der Waals surface area contributed by atoms with Crippen LogP contribution in [0.5, 0.6) is 0 Å². The number of hydrogen-bond donors (Lipinski definition) is 3. The van der Waals surface area contributed by atoms with Gasteiger partial charge in [0.1, 0.15) is 6.54 Å². The van der Waals surface area contributed by atoms with Crippen LogP contribution in [-0.2, 0) is 14.9 Å². The molecule has 0 spiro atoms. The van der Waals surface area contributed by atoms with Crippen LogP contribution in [0.4, 0.5) is 5.69 Å². The third-order valence-corrected chi connectivity index (χ3v) is 3.88. The van der Waals surface area contributed by atoms with Crippen LogP contribution >= 0.6 is 0 Å². The molecule has 0 bridgehead atoms. The van der Waals surface area contributed by atoms with Gasteiger partial charge in [-0.2, -0.15) is 8.42 Å². The van der Waals surface area contributed by atoms with Gasteiger partial charge in [-0.25, -0.2) is 0 Å². The van der Waals surface area contributed by atoms with E-state index >= 15 is 0 Å². The second kappa shape index (κ2) is 6.59. The third kappa shape index (κ3) is 4.15. The lowest BCUT2D eigenvalue weighted by Gasteiger charge is -2.10. The van der Waals surface area contributed by atoms with E-state index in [0.29, 0.717) is 5.69 Å². The SMILES string of the molecule is O=C(O)CNc1ccccc1C(=O)c1ccc(S(=O)(=O)O)cc1. The summed E-state index contributed by atoms with van der Waals surface area (Å²) in [6.45, 7) is -0.341. The lowest BCUT2D eigenvalue weighted by Crippen LogP contribution is -2.15. The Balaban J connectivity index is 2.32. The van der Waals surface area contributed by atoms with Crippen LogP contribution in [0.15, 0.2) is 53.4 Å². The van der Waals surface area contributed by atoms with Crippen molar-refractivity contribution in [2.45, 2.75) is 4.90 Å². The molecule has 0 saturated heterocycles. The number of carboxylic acid groups (broad SMARTS) is 1. The maximum absolute atomic E-state index is 12.5. The van der Waals surface area contributed by atoms with Crippen molar-refractivity contribution in [3.05, 3.63) is 59.7 Å². The van der Waals surface area contributed by atoms with Crippen molar-refractivity contribution in [3.8, 4) is 0 Å². The van der Waals surface area contributed by atoms with Gasteiger partial charge in [0.2, 0.25) is 0 Å². The van der Waals surface area contributed by atoms with Gasteiger partial charge >= 0.3 is 5.97 Å². The zero-order chi connectivity index (χ0) is 17.0. The smallest absolute Gasteiger partial charge is 0.322 e. The van der Waals surface area contributed by atoms with Gasteiger partial charge in [0.25, 0.3) is 10.1 Å². The van der Waals surface area contributed by atoms with Gasteiger partial charge in [0.05, 0.1) is 4.90 Å². The second-order valence-corrected chi connectivity index (χ2v) is 6.04. The van der Waals surface area contributed by atoms with Gasteiger partial charge in [0, 0.05) is 16.8 Å². The van der Waals surface area contributed by atoms with Crippen LogP contribution < -0.4 is 5.32 Å². The Morgan fingerprint density at radius 2 is 1.61 bits per heavy atom. The quantitative estimate of drug-likeness (QED) is 0.542. The molecule has 0 aromatic heterocycles. The molecule has 0 aliphatic heterocycles. The summed E-state index contributed by atoms with van der Waals surface area (Å²) in [5.41, 5.74) is 0.828. The van der Waals surface area contributed by atoms with E-state index in [0.717, 1.165) is 12.1 Å². The Morgan fingerprint density at radius 3 is 2.17 bits per heavy atom. The van der Waals surface area contributed by atoms with Gasteiger partial charge in [-0.3, -0.25) is 14.1 Å². The first-order chi connectivity index (χ1) is 10.8. The summed E-state index contributed by atoms with van der Waals surface area (Å²) in [5.74, 6) is -1.47. The maximum atomic E-state index is 12.5. The molecule has 0 atom stereocenters. The van der Waals surface area contributed by atoms with Crippen molar-refractivity contribution in [2.24, 2.45) is 0 Å². The fourth-order valence-corrected chi connectivity index (χ4v) is 2.42. The molecule has 0 aliphatic carbocycles. The van der Waals surface area contributed by atoms with Crippen LogP contribution in [-0.4, -0.2) is 36.4 Å². The number of ketones is 1. The predicted molar refractivity (Wildman–Crippen MR) is 82.3 cm³/mol. The van der Waals surface area contributed by atoms with Crippen molar-refractivity contribution >= 4 is 27.6 Å². The Bertz CT molecular complexity index is 843. The normalized spacial score (nSPS) is 11.0. The molecule has 0 saturated carbocycles. The fourth-order valence-electron chi connectivity index (χ4n) is 1.94. The molecule has 0 unspecified atom stereocenters. The van der Waals surface area contributed by atoms with Gasteiger partial charge < -0.3 is 10.4 Å². The molecule has 2 aromatic rings. The molecule has 7 nitrogen and oxygen atoms in total. The Hall–Kier alpha value is -2.71. The Kier molecular flexibility index (Phi) is 4.77. The van der Waals surface area contributed by atoms with Crippen LogP contribution in [0.2, 0.25) is 0 Å². The summed E-state index contributed by atoms with van der Waals surface area (Å²) in [5, 5.41) is 11.3. The summed E-state index contributed by atoms with van der Waals surface area (Å²) in [6, 6.07) is 11.2. The molecule has 8 heteroatoms. The van der Waals surface area contributed by atoms with Crippen molar-refractivity contribution in [1.82, 2.24) is 0 Å². The van der Waals surface area contributed by atoms with Gasteiger partial charge in [-0.1, -0.05) is 12.1 Å². The summed E-state index contributed by atoms with van der Waals surface area (Å²) >= 11 is 0. The van der Waals surface area contributed by atoms with E-state index in [9.17, 15) is 18.0 Å². The van der Waals surface area contributed by atoms with Crippen molar-refractivity contribution in [1.29, 1.82) is 0 Å². The lowest BCUT2D eigenvalue weighted by atomic mass is 10.0. The Labute approximate surface area is 132 Å². The van der Waals surface area contributed by atoms with Crippen molar-refractivity contribution in [2.75, 3.05) is 11.9 Å². The average Bonchev–Trinajstić information content (AvgIpc) is 2.52. The van der Waals surface area contributed by atoms with Crippen LogP contribution in [0.25, 0.3) is 0 Å². The predicted octanol–water partition coefficient (Wildman–Crippen LogP) is 1.66.